The number of hydrogen-bond donors (Lipinski definition) is 0. The van der Waals surface area contributed by atoms with Gasteiger partial charge in [0, 0.05) is 36.1 Å². The molecule has 0 saturated heterocycles. The Kier molecular flexibility index (Phi) is 4.08. The highest BCUT2D eigenvalue weighted by atomic mass is 32.1. The van der Waals surface area contributed by atoms with Crippen LogP contribution in [0.5, 0.6) is 0 Å². The molecule has 0 saturated carbocycles. The van der Waals surface area contributed by atoms with Gasteiger partial charge in [-0.1, -0.05) is 6.07 Å². The molecule has 0 aromatic carbocycles. The maximum atomic E-state index is 12.0. The van der Waals surface area contributed by atoms with Crippen molar-refractivity contribution in [1.29, 1.82) is 0 Å². The Morgan fingerprint density at radius 2 is 2.33 bits per heavy atom. The second-order valence-corrected chi connectivity index (χ2v) is 6.87. The van der Waals surface area contributed by atoms with Crippen LogP contribution in [0.25, 0.3) is 5.65 Å². The Labute approximate surface area is 144 Å². The molecule has 0 fully saturated rings. The normalized spacial score (nSPS) is 14.7. The van der Waals surface area contributed by atoms with Crippen LogP contribution in [0.2, 0.25) is 0 Å². The molecular formula is C18H19N3O2S. The lowest BCUT2D eigenvalue weighted by atomic mass is 10.0. The molecule has 3 aromatic heterocycles. The monoisotopic (exact) mass is 341 g/mol. The van der Waals surface area contributed by atoms with Gasteiger partial charge in [0.25, 0.3) is 0 Å². The lowest BCUT2D eigenvalue weighted by Gasteiger charge is -2.26. The van der Waals surface area contributed by atoms with E-state index in [1.807, 2.05) is 36.7 Å². The van der Waals surface area contributed by atoms with Crippen LogP contribution < -0.4 is 0 Å². The minimum Gasteiger partial charge on any atom is -0.462 e. The number of imidazole rings is 1. The Hall–Kier alpha value is -2.18. The number of thiophene rings is 1. The third-order valence-corrected chi connectivity index (χ3v) is 5.41. The van der Waals surface area contributed by atoms with E-state index in [1.165, 1.54) is 16.1 Å². The molecule has 3 aromatic rings. The molecule has 24 heavy (non-hydrogen) atoms. The number of pyridine rings is 1. The number of aromatic nitrogens is 2. The van der Waals surface area contributed by atoms with Crippen molar-refractivity contribution in [3.05, 3.63) is 57.7 Å². The third-order valence-electron chi connectivity index (χ3n) is 4.40. The SMILES string of the molecule is CCOC(=O)c1csc2c1CCN(Cc1cnc3ccccn13)C2. The van der Waals surface area contributed by atoms with Crippen molar-refractivity contribution in [2.45, 2.75) is 26.4 Å². The average molecular weight is 341 g/mol. The predicted molar refractivity (Wildman–Crippen MR) is 93.3 cm³/mol. The molecule has 0 N–H and O–H groups in total. The number of carbonyl (C=O) groups excluding carboxylic acids is 1. The summed E-state index contributed by atoms with van der Waals surface area (Å²) in [6.45, 7) is 4.94. The largest absolute Gasteiger partial charge is 0.462 e. The van der Waals surface area contributed by atoms with Gasteiger partial charge >= 0.3 is 5.97 Å². The van der Waals surface area contributed by atoms with Gasteiger partial charge in [-0.05, 0) is 31.0 Å². The van der Waals surface area contributed by atoms with E-state index in [-0.39, 0.29) is 5.97 Å². The molecule has 1 aliphatic heterocycles. The van der Waals surface area contributed by atoms with Crippen LogP contribution in [0.3, 0.4) is 0 Å². The van der Waals surface area contributed by atoms with Crippen molar-refractivity contribution in [2.24, 2.45) is 0 Å². The average Bonchev–Trinajstić information content (AvgIpc) is 3.19. The van der Waals surface area contributed by atoms with E-state index in [0.717, 1.165) is 37.3 Å². The van der Waals surface area contributed by atoms with E-state index in [2.05, 4.69) is 20.5 Å². The molecule has 124 valence electrons. The van der Waals surface area contributed by atoms with Crippen molar-refractivity contribution in [3.8, 4) is 0 Å². The topological polar surface area (TPSA) is 46.8 Å². The van der Waals surface area contributed by atoms with Crippen molar-refractivity contribution < 1.29 is 9.53 Å². The first kappa shape index (κ1) is 15.4. The summed E-state index contributed by atoms with van der Waals surface area (Å²) in [5.74, 6) is -0.190. The molecule has 5 nitrogen and oxygen atoms in total. The third kappa shape index (κ3) is 2.72. The van der Waals surface area contributed by atoms with E-state index >= 15 is 0 Å². The Balaban J connectivity index is 1.52. The Morgan fingerprint density at radius 3 is 3.21 bits per heavy atom. The van der Waals surface area contributed by atoms with Gasteiger partial charge in [-0.15, -0.1) is 11.3 Å². The minimum absolute atomic E-state index is 0.190. The smallest absolute Gasteiger partial charge is 0.339 e. The highest BCUT2D eigenvalue weighted by Crippen LogP contribution is 2.30. The molecule has 0 spiro atoms. The van der Waals surface area contributed by atoms with Crippen LogP contribution in [0, 0.1) is 0 Å². The van der Waals surface area contributed by atoms with Gasteiger partial charge in [-0.3, -0.25) is 4.90 Å². The molecule has 0 unspecified atom stereocenters. The minimum atomic E-state index is -0.190. The van der Waals surface area contributed by atoms with E-state index in [1.54, 1.807) is 11.3 Å². The lowest BCUT2D eigenvalue weighted by Crippen LogP contribution is -2.30. The van der Waals surface area contributed by atoms with Gasteiger partial charge in [0.05, 0.1) is 24.1 Å². The van der Waals surface area contributed by atoms with Crippen molar-refractivity contribution in [2.75, 3.05) is 13.2 Å². The summed E-state index contributed by atoms with van der Waals surface area (Å²) in [6, 6.07) is 6.04. The summed E-state index contributed by atoms with van der Waals surface area (Å²) in [4.78, 5) is 20.2. The van der Waals surface area contributed by atoms with Crippen molar-refractivity contribution in [1.82, 2.24) is 14.3 Å². The zero-order valence-corrected chi connectivity index (χ0v) is 14.4. The standard InChI is InChI=1S/C18H19N3O2S/c1-2-23-18(22)15-12-24-16-11-20(8-6-14(15)16)10-13-9-19-17-5-3-4-7-21(13)17/h3-5,7,9,12H,2,6,8,10-11H2,1H3. The van der Waals surface area contributed by atoms with Gasteiger partial charge < -0.3 is 9.14 Å². The van der Waals surface area contributed by atoms with Crippen LogP contribution in [0.15, 0.2) is 36.0 Å². The highest BCUT2D eigenvalue weighted by Gasteiger charge is 2.24. The summed E-state index contributed by atoms with van der Waals surface area (Å²) in [5, 5.41) is 1.94. The lowest BCUT2D eigenvalue weighted by molar-refractivity contribution is 0.0525. The molecule has 0 radical (unpaired) electrons. The van der Waals surface area contributed by atoms with Crippen molar-refractivity contribution >= 4 is 23.0 Å². The van der Waals surface area contributed by atoms with Crippen molar-refractivity contribution in [3.63, 3.8) is 0 Å². The zero-order valence-electron chi connectivity index (χ0n) is 13.6. The zero-order chi connectivity index (χ0) is 16.5. The van der Waals surface area contributed by atoms with Gasteiger partial charge in [-0.2, -0.15) is 0 Å². The molecule has 4 heterocycles. The first-order chi connectivity index (χ1) is 11.8. The quantitative estimate of drug-likeness (QED) is 0.684. The fourth-order valence-electron chi connectivity index (χ4n) is 3.23. The fraction of sp³-hybridized carbons (Fsp3) is 0.333. The number of hydrogen-bond acceptors (Lipinski definition) is 5. The summed E-state index contributed by atoms with van der Waals surface area (Å²) in [7, 11) is 0. The number of fused-ring (bicyclic) bond motifs is 2. The highest BCUT2D eigenvalue weighted by molar-refractivity contribution is 7.10. The second kappa shape index (κ2) is 6.37. The molecular weight excluding hydrogens is 322 g/mol. The summed E-state index contributed by atoms with van der Waals surface area (Å²) >= 11 is 1.66. The van der Waals surface area contributed by atoms with E-state index in [4.69, 9.17) is 4.74 Å². The summed E-state index contributed by atoms with van der Waals surface area (Å²) < 4.78 is 7.29. The maximum Gasteiger partial charge on any atom is 0.339 e. The Morgan fingerprint density at radius 1 is 1.42 bits per heavy atom. The van der Waals surface area contributed by atoms with E-state index in [9.17, 15) is 4.79 Å². The predicted octanol–water partition coefficient (Wildman–Crippen LogP) is 3.13. The molecule has 4 rings (SSSR count). The number of rotatable bonds is 4. The second-order valence-electron chi connectivity index (χ2n) is 5.91. The van der Waals surface area contributed by atoms with Gasteiger partial charge in [0.2, 0.25) is 0 Å². The first-order valence-corrected chi connectivity index (χ1v) is 9.04. The number of nitrogens with zero attached hydrogens (tertiary/aromatic N) is 3. The number of carbonyl (C=O) groups is 1. The summed E-state index contributed by atoms with van der Waals surface area (Å²) in [5.41, 5.74) is 4.10. The fourth-order valence-corrected chi connectivity index (χ4v) is 4.34. The molecule has 6 heteroatoms. The molecule has 0 atom stereocenters. The van der Waals surface area contributed by atoms with Crippen LogP contribution in [0.1, 0.15) is 33.4 Å². The van der Waals surface area contributed by atoms with E-state index in [0.29, 0.717) is 6.61 Å². The molecule has 0 amide bonds. The van der Waals surface area contributed by atoms with Crippen LogP contribution in [-0.4, -0.2) is 33.4 Å². The Bertz CT molecular complexity index is 883. The number of esters is 1. The summed E-state index contributed by atoms with van der Waals surface area (Å²) in [6.07, 6.45) is 4.89. The van der Waals surface area contributed by atoms with Gasteiger partial charge in [0.1, 0.15) is 5.65 Å². The van der Waals surface area contributed by atoms with Crippen LogP contribution >= 0.6 is 11.3 Å². The number of ether oxygens (including phenoxy) is 1. The maximum absolute atomic E-state index is 12.0. The van der Waals surface area contributed by atoms with Crippen LogP contribution in [0.4, 0.5) is 0 Å². The van der Waals surface area contributed by atoms with Gasteiger partial charge in [0.15, 0.2) is 0 Å². The van der Waals surface area contributed by atoms with Crippen LogP contribution in [-0.2, 0) is 24.2 Å². The van der Waals surface area contributed by atoms with E-state index < -0.39 is 0 Å². The first-order valence-electron chi connectivity index (χ1n) is 8.16. The molecule has 0 bridgehead atoms. The molecule has 1 aliphatic rings. The van der Waals surface area contributed by atoms with Gasteiger partial charge in [-0.25, -0.2) is 9.78 Å². The molecule has 0 aliphatic carbocycles.